The van der Waals surface area contributed by atoms with Gasteiger partial charge in [0.05, 0.1) is 29.6 Å². The molecule has 0 bridgehead atoms. The van der Waals surface area contributed by atoms with Crippen LogP contribution in [0.5, 0.6) is 0 Å². The number of carbonyl (C=O) groups is 1. The lowest BCUT2D eigenvalue weighted by Gasteiger charge is -2.20. The molecule has 0 radical (unpaired) electrons. The molecule has 6 heteroatoms. The van der Waals surface area contributed by atoms with E-state index in [-0.39, 0.29) is 5.91 Å². The van der Waals surface area contributed by atoms with Crippen molar-refractivity contribution in [2.24, 2.45) is 0 Å². The first-order valence-electron chi connectivity index (χ1n) is 8.76. The van der Waals surface area contributed by atoms with E-state index in [2.05, 4.69) is 6.07 Å². The van der Waals surface area contributed by atoms with Gasteiger partial charge in [0, 0.05) is 29.2 Å². The monoisotopic (exact) mass is 376 g/mol. The number of fused-ring (bicyclic) bond motifs is 1. The fourth-order valence-electron chi connectivity index (χ4n) is 3.30. The van der Waals surface area contributed by atoms with Crippen molar-refractivity contribution < 1.29 is 4.79 Å². The minimum absolute atomic E-state index is 0.0604. The van der Waals surface area contributed by atoms with Crippen LogP contribution in [0.1, 0.15) is 28.0 Å². The van der Waals surface area contributed by atoms with Crippen molar-refractivity contribution in [3.05, 3.63) is 76.4 Å². The van der Waals surface area contributed by atoms with E-state index in [1.807, 2.05) is 39.9 Å². The number of benzene rings is 2. The Labute approximate surface area is 162 Å². The van der Waals surface area contributed by atoms with Gasteiger partial charge in [-0.1, -0.05) is 29.8 Å². The summed E-state index contributed by atoms with van der Waals surface area (Å²) in [6, 6.07) is 18.5. The van der Waals surface area contributed by atoms with Gasteiger partial charge in [-0.2, -0.15) is 10.4 Å². The van der Waals surface area contributed by atoms with Crippen LogP contribution >= 0.6 is 11.6 Å². The Morgan fingerprint density at radius 1 is 1.11 bits per heavy atom. The molecule has 0 saturated carbocycles. The Kier molecular flexibility index (Phi) is 4.66. The number of rotatable bonds is 2. The molecule has 1 aromatic heterocycles. The third kappa shape index (κ3) is 3.57. The molecule has 27 heavy (non-hydrogen) atoms. The van der Waals surface area contributed by atoms with Crippen LogP contribution in [-0.2, 0) is 13.1 Å². The lowest BCUT2D eigenvalue weighted by molar-refractivity contribution is 0.0745. The summed E-state index contributed by atoms with van der Waals surface area (Å²) in [5.41, 5.74) is 3.91. The topological polar surface area (TPSA) is 61.9 Å². The third-order valence-corrected chi connectivity index (χ3v) is 4.93. The van der Waals surface area contributed by atoms with Gasteiger partial charge >= 0.3 is 0 Å². The van der Waals surface area contributed by atoms with Crippen LogP contribution in [0.2, 0.25) is 5.02 Å². The average Bonchev–Trinajstić information content (AvgIpc) is 2.99. The van der Waals surface area contributed by atoms with E-state index < -0.39 is 0 Å². The number of halogens is 1. The zero-order valence-corrected chi connectivity index (χ0v) is 15.4. The zero-order chi connectivity index (χ0) is 18.8. The van der Waals surface area contributed by atoms with Crippen LogP contribution in [0, 0.1) is 11.3 Å². The molecule has 1 aliphatic rings. The normalized spacial score (nSPS) is 13.6. The molecule has 1 aliphatic heterocycles. The highest BCUT2D eigenvalue weighted by Gasteiger charge is 2.22. The van der Waals surface area contributed by atoms with Gasteiger partial charge in [0.15, 0.2) is 0 Å². The van der Waals surface area contributed by atoms with E-state index in [1.165, 1.54) is 0 Å². The third-order valence-electron chi connectivity index (χ3n) is 4.68. The maximum Gasteiger partial charge on any atom is 0.254 e. The molecule has 2 aromatic carbocycles. The fraction of sp³-hybridized carbons (Fsp3) is 0.190. The minimum atomic E-state index is -0.0604. The van der Waals surface area contributed by atoms with Gasteiger partial charge in [-0.15, -0.1) is 0 Å². The number of hydrogen-bond donors (Lipinski definition) is 0. The summed E-state index contributed by atoms with van der Waals surface area (Å²) in [5.74, 6) is -0.0604. The average molecular weight is 377 g/mol. The first kappa shape index (κ1) is 17.3. The van der Waals surface area contributed by atoms with E-state index in [4.69, 9.17) is 22.0 Å². The number of carbonyl (C=O) groups excluding carboxylic acids is 1. The Morgan fingerprint density at radius 3 is 2.70 bits per heavy atom. The molecule has 0 aliphatic carbocycles. The van der Waals surface area contributed by atoms with Crippen molar-refractivity contribution in [3.8, 4) is 17.3 Å². The molecule has 0 N–H and O–H groups in total. The van der Waals surface area contributed by atoms with Crippen LogP contribution in [0.3, 0.4) is 0 Å². The van der Waals surface area contributed by atoms with Gasteiger partial charge in [-0.3, -0.25) is 9.48 Å². The highest BCUT2D eigenvalue weighted by Crippen LogP contribution is 2.24. The predicted octanol–water partition coefficient (Wildman–Crippen LogP) is 4.12. The largest absolute Gasteiger partial charge is 0.333 e. The minimum Gasteiger partial charge on any atom is -0.333 e. The van der Waals surface area contributed by atoms with Crippen molar-refractivity contribution in [1.29, 1.82) is 5.26 Å². The smallest absolute Gasteiger partial charge is 0.254 e. The molecule has 0 atom stereocenters. The molecule has 0 spiro atoms. The van der Waals surface area contributed by atoms with E-state index in [0.717, 1.165) is 29.9 Å². The van der Waals surface area contributed by atoms with Crippen LogP contribution in [-0.4, -0.2) is 27.1 Å². The number of nitriles is 1. The summed E-state index contributed by atoms with van der Waals surface area (Å²) < 4.78 is 1.98. The first-order chi connectivity index (χ1) is 13.1. The summed E-state index contributed by atoms with van der Waals surface area (Å²) in [6.07, 6.45) is 0.832. The maximum atomic E-state index is 12.9. The molecular formula is C21H17ClN4O. The molecule has 0 saturated heterocycles. The Morgan fingerprint density at radius 2 is 1.93 bits per heavy atom. The highest BCUT2D eigenvalue weighted by atomic mass is 35.5. The zero-order valence-electron chi connectivity index (χ0n) is 14.6. The van der Waals surface area contributed by atoms with Crippen LogP contribution in [0.25, 0.3) is 11.3 Å². The summed E-state index contributed by atoms with van der Waals surface area (Å²) in [7, 11) is 0. The highest BCUT2D eigenvalue weighted by molar-refractivity contribution is 6.30. The number of hydrogen-bond acceptors (Lipinski definition) is 3. The summed E-state index contributed by atoms with van der Waals surface area (Å²) in [5, 5.41) is 14.5. The molecule has 4 rings (SSSR count). The summed E-state index contributed by atoms with van der Waals surface area (Å²) in [6.45, 7) is 1.93. The van der Waals surface area contributed by atoms with Crippen molar-refractivity contribution in [1.82, 2.24) is 14.7 Å². The van der Waals surface area contributed by atoms with E-state index >= 15 is 0 Å². The SMILES string of the molecule is N#Cc1cccc(C(=O)N2CCCn3nc(-c4ccc(Cl)cc4)cc3C2)c1. The Bertz CT molecular complexity index is 1030. The number of nitrogens with zero attached hydrogens (tertiary/aromatic N) is 4. The number of aromatic nitrogens is 2. The fourth-order valence-corrected chi connectivity index (χ4v) is 3.43. The van der Waals surface area contributed by atoms with Gasteiger partial charge in [-0.05, 0) is 42.8 Å². The van der Waals surface area contributed by atoms with Gasteiger partial charge < -0.3 is 4.90 Å². The lowest BCUT2D eigenvalue weighted by atomic mass is 10.1. The van der Waals surface area contributed by atoms with Crippen LogP contribution < -0.4 is 0 Å². The molecular weight excluding hydrogens is 360 g/mol. The molecule has 3 aromatic rings. The van der Waals surface area contributed by atoms with Crippen LogP contribution in [0.4, 0.5) is 0 Å². The quantitative estimate of drug-likeness (QED) is 0.675. The second kappa shape index (κ2) is 7.26. The number of amides is 1. The Hall–Kier alpha value is -3.10. The van der Waals surface area contributed by atoms with Crippen molar-refractivity contribution in [2.75, 3.05) is 6.54 Å². The van der Waals surface area contributed by atoms with E-state index in [9.17, 15) is 4.79 Å². The molecule has 5 nitrogen and oxygen atoms in total. The standard InChI is InChI=1S/C21H17ClN4O/c22-18-7-5-16(6-8-18)20-12-19-14-25(9-2-10-26(19)24-20)21(27)17-4-1-3-15(11-17)13-23/h1,3-8,11-12H,2,9-10,14H2. The first-order valence-corrected chi connectivity index (χ1v) is 9.14. The lowest BCUT2D eigenvalue weighted by Crippen LogP contribution is -2.30. The Balaban J connectivity index is 1.60. The van der Waals surface area contributed by atoms with Crippen LogP contribution in [0.15, 0.2) is 54.6 Å². The second-order valence-corrected chi connectivity index (χ2v) is 6.96. The summed E-state index contributed by atoms with van der Waals surface area (Å²) >= 11 is 5.97. The molecule has 134 valence electrons. The van der Waals surface area contributed by atoms with Crippen molar-refractivity contribution in [2.45, 2.75) is 19.5 Å². The van der Waals surface area contributed by atoms with Gasteiger partial charge in [-0.25, -0.2) is 0 Å². The van der Waals surface area contributed by atoms with Gasteiger partial charge in [0.25, 0.3) is 5.91 Å². The van der Waals surface area contributed by atoms with E-state index in [1.54, 1.807) is 24.3 Å². The maximum absolute atomic E-state index is 12.9. The van der Waals surface area contributed by atoms with Crippen molar-refractivity contribution >= 4 is 17.5 Å². The molecule has 1 amide bonds. The predicted molar refractivity (Wildman–Crippen MR) is 103 cm³/mol. The van der Waals surface area contributed by atoms with Gasteiger partial charge in [0.1, 0.15) is 0 Å². The molecule has 0 fully saturated rings. The summed E-state index contributed by atoms with van der Waals surface area (Å²) in [4.78, 5) is 14.7. The molecule has 0 unspecified atom stereocenters. The van der Waals surface area contributed by atoms with Crippen molar-refractivity contribution in [3.63, 3.8) is 0 Å². The number of aryl methyl sites for hydroxylation is 1. The second-order valence-electron chi connectivity index (χ2n) is 6.52. The van der Waals surface area contributed by atoms with Gasteiger partial charge in [0.2, 0.25) is 0 Å². The molecule has 2 heterocycles. The van der Waals surface area contributed by atoms with E-state index in [0.29, 0.717) is 29.2 Å².